The lowest BCUT2D eigenvalue weighted by molar-refractivity contribution is 0.497. The zero-order chi connectivity index (χ0) is 8.85. The molecule has 0 aliphatic heterocycles. The van der Waals surface area contributed by atoms with E-state index in [0.717, 1.165) is 16.7 Å². The molecule has 1 atom stereocenters. The summed E-state index contributed by atoms with van der Waals surface area (Å²) < 4.78 is 0. The van der Waals surface area contributed by atoms with E-state index >= 15 is 0 Å². The SMILES string of the molecule is CC(C)CCCC(Br)C(C)C. The highest BCUT2D eigenvalue weighted by Gasteiger charge is 2.08. The average Bonchev–Trinajstić information content (AvgIpc) is 1.86. The van der Waals surface area contributed by atoms with Crippen molar-refractivity contribution in [3.8, 4) is 0 Å². The van der Waals surface area contributed by atoms with Crippen molar-refractivity contribution in [1.29, 1.82) is 0 Å². The molecule has 0 amide bonds. The number of hydrogen-bond donors (Lipinski definition) is 0. The molecule has 0 bridgehead atoms. The monoisotopic (exact) mass is 220 g/mol. The van der Waals surface area contributed by atoms with Gasteiger partial charge in [0, 0.05) is 4.83 Å². The molecule has 0 saturated carbocycles. The summed E-state index contributed by atoms with van der Waals surface area (Å²) in [5.41, 5.74) is 0. The van der Waals surface area contributed by atoms with Gasteiger partial charge < -0.3 is 0 Å². The summed E-state index contributed by atoms with van der Waals surface area (Å²) in [6.07, 6.45) is 4.07. The molecule has 0 aromatic heterocycles. The first-order valence-corrected chi connectivity index (χ1v) is 5.59. The molecule has 0 saturated heterocycles. The molecule has 1 unspecified atom stereocenters. The minimum Gasteiger partial charge on any atom is -0.0888 e. The van der Waals surface area contributed by atoms with Gasteiger partial charge in [0.1, 0.15) is 0 Å². The summed E-state index contributed by atoms with van der Waals surface area (Å²) in [5.74, 6) is 1.64. The largest absolute Gasteiger partial charge is 0.0888 e. The van der Waals surface area contributed by atoms with E-state index in [1.165, 1.54) is 19.3 Å². The lowest BCUT2D eigenvalue weighted by Crippen LogP contribution is -2.06. The van der Waals surface area contributed by atoms with E-state index in [-0.39, 0.29) is 0 Å². The molecule has 0 aliphatic rings. The molecule has 0 aromatic rings. The van der Waals surface area contributed by atoms with Crippen LogP contribution < -0.4 is 0 Å². The maximum atomic E-state index is 3.69. The maximum Gasteiger partial charge on any atom is 0.0168 e. The Kier molecular flexibility index (Phi) is 6.31. The van der Waals surface area contributed by atoms with Gasteiger partial charge in [-0.25, -0.2) is 0 Å². The average molecular weight is 221 g/mol. The van der Waals surface area contributed by atoms with Crippen LogP contribution in [0.5, 0.6) is 0 Å². The van der Waals surface area contributed by atoms with Crippen LogP contribution in [0.3, 0.4) is 0 Å². The third-order valence-corrected chi connectivity index (χ3v) is 3.50. The van der Waals surface area contributed by atoms with Gasteiger partial charge in [-0.1, -0.05) is 56.5 Å². The van der Waals surface area contributed by atoms with Crippen molar-refractivity contribution in [3.63, 3.8) is 0 Å². The predicted molar refractivity (Wildman–Crippen MR) is 56.2 cm³/mol. The first-order valence-electron chi connectivity index (χ1n) is 4.68. The van der Waals surface area contributed by atoms with Crippen molar-refractivity contribution < 1.29 is 0 Å². The summed E-state index contributed by atoms with van der Waals surface area (Å²) in [4.78, 5) is 0.723. The highest BCUT2D eigenvalue weighted by molar-refractivity contribution is 9.09. The Morgan fingerprint density at radius 3 is 1.91 bits per heavy atom. The lowest BCUT2D eigenvalue weighted by Gasteiger charge is -2.13. The Hall–Kier alpha value is 0.480. The van der Waals surface area contributed by atoms with Gasteiger partial charge >= 0.3 is 0 Å². The Morgan fingerprint density at radius 2 is 1.55 bits per heavy atom. The van der Waals surface area contributed by atoms with Gasteiger partial charge in [-0.15, -0.1) is 0 Å². The van der Waals surface area contributed by atoms with Gasteiger partial charge in [0.15, 0.2) is 0 Å². The van der Waals surface area contributed by atoms with E-state index in [1.807, 2.05) is 0 Å². The van der Waals surface area contributed by atoms with Crippen molar-refractivity contribution in [2.45, 2.75) is 51.8 Å². The van der Waals surface area contributed by atoms with E-state index in [0.29, 0.717) is 0 Å². The maximum absolute atomic E-state index is 3.69. The van der Waals surface area contributed by atoms with Crippen molar-refractivity contribution in [1.82, 2.24) is 0 Å². The molecule has 0 aliphatic carbocycles. The van der Waals surface area contributed by atoms with Gasteiger partial charge in [-0.05, 0) is 18.3 Å². The lowest BCUT2D eigenvalue weighted by atomic mass is 10.0. The molecule has 1 heteroatoms. The molecule has 0 spiro atoms. The molecule has 0 fully saturated rings. The van der Waals surface area contributed by atoms with Gasteiger partial charge in [0.2, 0.25) is 0 Å². The highest BCUT2D eigenvalue weighted by Crippen LogP contribution is 2.19. The molecule has 0 nitrogen and oxygen atoms in total. The minimum absolute atomic E-state index is 0.723. The molecule has 0 N–H and O–H groups in total. The normalized spacial score (nSPS) is 14.5. The predicted octanol–water partition coefficient (Wildman–Crippen LogP) is 4.23. The Bertz CT molecular complexity index is 86.9. The van der Waals surface area contributed by atoms with Crippen LogP contribution >= 0.6 is 15.9 Å². The van der Waals surface area contributed by atoms with E-state index in [2.05, 4.69) is 43.6 Å². The summed E-state index contributed by atoms with van der Waals surface area (Å²) in [6.45, 7) is 9.13. The first kappa shape index (κ1) is 11.5. The molecule has 0 aromatic carbocycles. The van der Waals surface area contributed by atoms with Crippen LogP contribution in [-0.4, -0.2) is 4.83 Å². The topological polar surface area (TPSA) is 0 Å². The summed E-state index contributed by atoms with van der Waals surface area (Å²) >= 11 is 3.69. The molecule has 0 rings (SSSR count). The molecular weight excluding hydrogens is 200 g/mol. The van der Waals surface area contributed by atoms with Crippen LogP contribution in [0.25, 0.3) is 0 Å². The fourth-order valence-electron chi connectivity index (χ4n) is 1.05. The van der Waals surface area contributed by atoms with Crippen molar-refractivity contribution >= 4 is 15.9 Å². The zero-order valence-electron chi connectivity index (χ0n) is 8.23. The highest BCUT2D eigenvalue weighted by atomic mass is 79.9. The third kappa shape index (κ3) is 6.86. The second-order valence-electron chi connectivity index (χ2n) is 4.08. The molecule has 68 valence electrons. The van der Waals surface area contributed by atoms with Crippen LogP contribution in [0.4, 0.5) is 0 Å². The van der Waals surface area contributed by atoms with Crippen LogP contribution in [0.1, 0.15) is 47.0 Å². The number of hydrogen-bond acceptors (Lipinski definition) is 0. The Balaban J connectivity index is 3.24. The van der Waals surface area contributed by atoms with E-state index in [4.69, 9.17) is 0 Å². The quantitative estimate of drug-likeness (QED) is 0.609. The van der Waals surface area contributed by atoms with Crippen LogP contribution in [0, 0.1) is 11.8 Å². The summed E-state index contributed by atoms with van der Waals surface area (Å²) in [7, 11) is 0. The zero-order valence-corrected chi connectivity index (χ0v) is 9.82. The standard InChI is InChI=1S/C10H21Br/c1-8(2)6-5-7-10(11)9(3)4/h8-10H,5-7H2,1-4H3. The Morgan fingerprint density at radius 1 is 1.00 bits per heavy atom. The second kappa shape index (κ2) is 6.05. The third-order valence-electron chi connectivity index (χ3n) is 1.98. The van der Waals surface area contributed by atoms with Crippen LogP contribution in [0.2, 0.25) is 0 Å². The Labute approximate surface area is 79.9 Å². The fraction of sp³-hybridized carbons (Fsp3) is 1.00. The van der Waals surface area contributed by atoms with Crippen molar-refractivity contribution in [2.75, 3.05) is 0 Å². The minimum atomic E-state index is 0.723. The van der Waals surface area contributed by atoms with Crippen LogP contribution in [0.15, 0.2) is 0 Å². The van der Waals surface area contributed by atoms with E-state index in [9.17, 15) is 0 Å². The molecule has 0 radical (unpaired) electrons. The van der Waals surface area contributed by atoms with Gasteiger partial charge in [0.05, 0.1) is 0 Å². The van der Waals surface area contributed by atoms with Crippen molar-refractivity contribution in [3.05, 3.63) is 0 Å². The summed E-state index contributed by atoms with van der Waals surface area (Å²) in [5, 5.41) is 0. The summed E-state index contributed by atoms with van der Waals surface area (Å²) in [6, 6.07) is 0. The first-order chi connectivity index (χ1) is 5.04. The van der Waals surface area contributed by atoms with Crippen LogP contribution in [-0.2, 0) is 0 Å². The van der Waals surface area contributed by atoms with E-state index in [1.54, 1.807) is 0 Å². The number of halogens is 1. The molecular formula is C10H21Br. The second-order valence-corrected chi connectivity index (χ2v) is 5.26. The number of rotatable bonds is 5. The van der Waals surface area contributed by atoms with Gasteiger partial charge in [0.25, 0.3) is 0 Å². The van der Waals surface area contributed by atoms with Crippen molar-refractivity contribution in [2.24, 2.45) is 11.8 Å². The number of alkyl halides is 1. The van der Waals surface area contributed by atoms with Gasteiger partial charge in [-0.2, -0.15) is 0 Å². The molecule has 11 heavy (non-hydrogen) atoms. The molecule has 0 heterocycles. The smallest absolute Gasteiger partial charge is 0.0168 e. The van der Waals surface area contributed by atoms with E-state index < -0.39 is 0 Å². The van der Waals surface area contributed by atoms with Gasteiger partial charge in [-0.3, -0.25) is 0 Å². The fourth-order valence-corrected chi connectivity index (χ4v) is 1.38.